The zero-order valence-corrected chi connectivity index (χ0v) is 15.6. The highest BCUT2D eigenvalue weighted by Gasteiger charge is 2.22. The number of likely N-dealkylation sites (tertiary alicyclic amines) is 1. The Labute approximate surface area is 150 Å². The third-order valence-corrected chi connectivity index (χ3v) is 4.89. The van der Waals surface area contributed by atoms with Gasteiger partial charge in [0.05, 0.1) is 17.8 Å². The summed E-state index contributed by atoms with van der Waals surface area (Å²) in [7, 11) is 2.14. The van der Waals surface area contributed by atoms with Crippen LogP contribution in [0.25, 0.3) is 10.9 Å². The Balaban J connectivity index is 2.01. The number of esters is 1. The molecule has 1 aliphatic heterocycles. The average Bonchev–Trinajstić information content (AvgIpc) is 2.57. The Morgan fingerprint density at radius 1 is 1.42 bits per heavy atom. The highest BCUT2D eigenvalue weighted by molar-refractivity contribution is 9.10. The first-order valence-corrected chi connectivity index (χ1v) is 9.08. The smallest absolute Gasteiger partial charge is 0.341 e. The monoisotopic (exact) mass is 391 g/mol. The van der Waals surface area contributed by atoms with Gasteiger partial charge in [0, 0.05) is 22.1 Å². The van der Waals surface area contributed by atoms with Gasteiger partial charge in [0.25, 0.3) is 0 Å². The Hall–Kier alpha value is -1.66. The fraction of sp³-hybridized carbons (Fsp3) is 0.444. The molecule has 0 bridgehead atoms. The van der Waals surface area contributed by atoms with Gasteiger partial charge < -0.3 is 15.0 Å². The van der Waals surface area contributed by atoms with Crippen molar-refractivity contribution in [3.63, 3.8) is 0 Å². The molecule has 5 nitrogen and oxygen atoms in total. The molecule has 0 atom stereocenters. The molecule has 1 aromatic carbocycles. The van der Waals surface area contributed by atoms with Crippen LogP contribution in [0.2, 0.25) is 0 Å². The minimum absolute atomic E-state index is 0.331. The maximum Gasteiger partial charge on any atom is 0.341 e. The lowest BCUT2D eigenvalue weighted by molar-refractivity contribution is 0.0527. The lowest BCUT2D eigenvalue weighted by atomic mass is 10.0. The number of halogens is 1. The second-order valence-electron chi connectivity index (χ2n) is 6.15. The van der Waals surface area contributed by atoms with Gasteiger partial charge in [-0.1, -0.05) is 15.9 Å². The van der Waals surface area contributed by atoms with Crippen LogP contribution < -0.4 is 5.32 Å². The van der Waals surface area contributed by atoms with Crippen LogP contribution >= 0.6 is 15.9 Å². The number of fused-ring (bicyclic) bond motifs is 1. The third kappa shape index (κ3) is 3.70. The molecule has 0 amide bonds. The zero-order valence-electron chi connectivity index (χ0n) is 14.0. The molecular formula is C18H22BrN3O2. The third-order valence-electron chi connectivity index (χ3n) is 4.39. The largest absolute Gasteiger partial charge is 0.462 e. The van der Waals surface area contributed by atoms with Crippen LogP contribution in [0.15, 0.2) is 28.9 Å². The van der Waals surface area contributed by atoms with Crippen molar-refractivity contribution in [1.82, 2.24) is 9.88 Å². The van der Waals surface area contributed by atoms with E-state index < -0.39 is 0 Å². The van der Waals surface area contributed by atoms with Gasteiger partial charge in [0.2, 0.25) is 0 Å². The molecule has 2 heterocycles. The molecule has 128 valence electrons. The summed E-state index contributed by atoms with van der Waals surface area (Å²) in [5.74, 6) is -0.331. The molecule has 1 aromatic heterocycles. The van der Waals surface area contributed by atoms with E-state index in [1.54, 1.807) is 6.20 Å². The quantitative estimate of drug-likeness (QED) is 0.805. The summed E-state index contributed by atoms with van der Waals surface area (Å²) in [4.78, 5) is 19.1. The number of nitrogens with zero attached hydrogens (tertiary/aromatic N) is 2. The van der Waals surface area contributed by atoms with Gasteiger partial charge in [-0.25, -0.2) is 4.79 Å². The van der Waals surface area contributed by atoms with Gasteiger partial charge in [0.1, 0.15) is 5.56 Å². The van der Waals surface area contributed by atoms with Crippen molar-refractivity contribution < 1.29 is 9.53 Å². The van der Waals surface area contributed by atoms with E-state index in [4.69, 9.17) is 4.74 Å². The maximum atomic E-state index is 12.4. The van der Waals surface area contributed by atoms with Gasteiger partial charge in [-0.3, -0.25) is 4.98 Å². The number of rotatable bonds is 4. The van der Waals surface area contributed by atoms with Crippen LogP contribution in [0, 0.1) is 0 Å². The van der Waals surface area contributed by atoms with E-state index in [2.05, 4.69) is 38.2 Å². The fourth-order valence-corrected chi connectivity index (χ4v) is 3.40. The summed E-state index contributed by atoms with van der Waals surface area (Å²) < 4.78 is 6.18. The molecule has 0 aliphatic carbocycles. The van der Waals surface area contributed by atoms with Gasteiger partial charge in [0.15, 0.2) is 0 Å². The first-order valence-electron chi connectivity index (χ1n) is 8.29. The minimum Gasteiger partial charge on any atom is -0.462 e. The second-order valence-corrected chi connectivity index (χ2v) is 7.07. The molecule has 2 aromatic rings. The van der Waals surface area contributed by atoms with Crippen molar-refractivity contribution in [3.05, 3.63) is 34.4 Å². The van der Waals surface area contributed by atoms with Gasteiger partial charge in [-0.05, 0) is 58.1 Å². The highest BCUT2D eigenvalue weighted by Crippen LogP contribution is 2.31. The SMILES string of the molecule is CCOC(=O)c1cnc2ccc(Br)cc2c1NC1CCN(C)CC1. The molecular weight excluding hydrogens is 370 g/mol. The lowest BCUT2D eigenvalue weighted by Gasteiger charge is -2.31. The molecule has 0 spiro atoms. The predicted molar refractivity (Wildman–Crippen MR) is 99.5 cm³/mol. The lowest BCUT2D eigenvalue weighted by Crippen LogP contribution is -2.37. The number of hydrogen-bond donors (Lipinski definition) is 1. The van der Waals surface area contributed by atoms with Gasteiger partial charge in [-0.15, -0.1) is 0 Å². The average molecular weight is 392 g/mol. The molecule has 1 N–H and O–H groups in total. The summed E-state index contributed by atoms with van der Waals surface area (Å²) in [6.07, 6.45) is 3.72. The van der Waals surface area contributed by atoms with Gasteiger partial charge >= 0.3 is 5.97 Å². The molecule has 1 fully saturated rings. The summed E-state index contributed by atoms with van der Waals surface area (Å²) in [6, 6.07) is 6.26. The molecule has 1 saturated heterocycles. The van der Waals surface area contributed by atoms with Crippen molar-refractivity contribution in [1.29, 1.82) is 0 Å². The van der Waals surface area contributed by atoms with E-state index in [0.717, 1.165) is 47.0 Å². The minimum atomic E-state index is -0.331. The van der Waals surface area contributed by atoms with Crippen LogP contribution in [-0.2, 0) is 4.74 Å². The fourth-order valence-electron chi connectivity index (χ4n) is 3.04. The van der Waals surface area contributed by atoms with Crippen molar-refractivity contribution in [2.75, 3.05) is 32.1 Å². The topological polar surface area (TPSA) is 54.5 Å². The molecule has 3 rings (SSSR count). The summed E-state index contributed by atoms with van der Waals surface area (Å²) in [5.41, 5.74) is 2.19. The number of carbonyl (C=O) groups excluding carboxylic acids is 1. The van der Waals surface area contributed by atoms with Crippen molar-refractivity contribution in [2.45, 2.75) is 25.8 Å². The number of pyridine rings is 1. The van der Waals surface area contributed by atoms with Crippen LogP contribution in [-0.4, -0.2) is 48.6 Å². The van der Waals surface area contributed by atoms with E-state index in [9.17, 15) is 4.79 Å². The standard InChI is InChI=1S/C18H22BrN3O2/c1-3-24-18(23)15-11-20-16-5-4-12(19)10-14(16)17(15)21-13-6-8-22(2)9-7-13/h4-5,10-11,13H,3,6-9H2,1-2H3,(H,20,21). The molecule has 0 unspecified atom stereocenters. The van der Waals surface area contributed by atoms with E-state index in [-0.39, 0.29) is 5.97 Å². The van der Waals surface area contributed by atoms with Crippen LogP contribution in [0.4, 0.5) is 5.69 Å². The number of ether oxygens (including phenoxy) is 1. The number of hydrogen-bond acceptors (Lipinski definition) is 5. The number of benzene rings is 1. The number of aromatic nitrogens is 1. The Kier molecular flexibility index (Phi) is 5.36. The molecule has 6 heteroatoms. The van der Waals surface area contributed by atoms with E-state index in [0.29, 0.717) is 18.2 Å². The summed E-state index contributed by atoms with van der Waals surface area (Å²) >= 11 is 3.51. The number of anilines is 1. The number of carbonyl (C=O) groups is 1. The first kappa shape index (κ1) is 17.2. The normalized spacial score (nSPS) is 16.3. The number of nitrogens with one attached hydrogen (secondary N) is 1. The zero-order chi connectivity index (χ0) is 17.1. The molecule has 0 radical (unpaired) electrons. The number of piperidine rings is 1. The van der Waals surface area contributed by atoms with Crippen molar-refractivity contribution in [2.24, 2.45) is 0 Å². The Morgan fingerprint density at radius 2 is 2.17 bits per heavy atom. The van der Waals surface area contributed by atoms with Crippen LogP contribution in [0.1, 0.15) is 30.1 Å². The van der Waals surface area contributed by atoms with E-state index in [1.165, 1.54) is 0 Å². The summed E-state index contributed by atoms with van der Waals surface area (Å²) in [6.45, 7) is 4.27. The Bertz CT molecular complexity index is 742. The highest BCUT2D eigenvalue weighted by atomic mass is 79.9. The Morgan fingerprint density at radius 3 is 2.88 bits per heavy atom. The molecule has 1 aliphatic rings. The van der Waals surface area contributed by atoms with Crippen molar-refractivity contribution in [3.8, 4) is 0 Å². The molecule has 0 saturated carbocycles. The summed E-state index contributed by atoms with van der Waals surface area (Å²) in [5, 5.41) is 4.53. The van der Waals surface area contributed by atoms with E-state index >= 15 is 0 Å². The first-order chi connectivity index (χ1) is 11.6. The predicted octanol–water partition coefficient (Wildman–Crippen LogP) is 3.68. The second kappa shape index (κ2) is 7.49. The van der Waals surface area contributed by atoms with E-state index in [1.807, 2.05) is 25.1 Å². The van der Waals surface area contributed by atoms with Crippen LogP contribution in [0.3, 0.4) is 0 Å². The maximum absolute atomic E-state index is 12.4. The van der Waals surface area contributed by atoms with Crippen molar-refractivity contribution >= 4 is 38.5 Å². The van der Waals surface area contributed by atoms with Gasteiger partial charge in [-0.2, -0.15) is 0 Å². The molecule has 24 heavy (non-hydrogen) atoms. The van der Waals surface area contributed by atoms with Crippen LogP contribution in [0.5, 0.6) is 0 Å².